The molecule has 0 atom stereocenters. The van der Waals surface area contributed by atoms with E-state index >= 15 is 0 Å². The molecule has 0 saturated heterocycles. The van der Waals surface area contributed by atoms with Crippen LogP contribution in [-0.4, -0.2) is 6.61 Å². The molecular formula is C27H32F6O. The summed E-state index contributed by atoms with van der Waals surface area (Å²) in [5.41, 5.74) is -0.976. The molecule has 1 aliphatic carbocycles. The third-order valence-corrected chi connectivity index (χ3v) is 6.83. The zero-order chi connectivity index (χ0) is 24.9. The average molecular weight is 487 g/mol. The van der Waals surface area contributed by atoms with E-state index in [9.17, 15) is 26.3 Å². The molecule has 2 aromatic carbocycles. The summed E-state index contributed by atoms with van der Waals surface area (Å²) in [4.78, 5) is 0. The van der Waals surface area contributed by atoms with Gasteiger partial charge in [0.25, 0.3) is 0 Å². The van der Waals surface area contributed by atoms with Crippen molar-refractivity contribution in [1.29, 1.82) is 0 Å². The molecule has 0 bridgehead atoms. The van der Waals surface area contributed by atoms with Gasteiger partial charge in [0.15, 0.2) is 23.3 Å². The summed E-state index contributed by atoms with van der Waals surface area (Å²) < 4.78 is 91.3. The van der Waals surface area contributed by atoms with Crippen molar-refractivity contribution in [3.05, 3.63) is 69.8 Å². The number of hydrogen-bond donors (Lipinski definition) is 0. The molecule has 0 N–H and O–H groups in total. The molecule has 0 unspecified atom stereocenters. The Morgan fingerprint density at radius 1 is 0.765 bits per heavy atom. The molecular weight excluding hydrogens is 454 g/mol. The van der Waals surface area contributed by atoms with Crippen molar-refractivity contribution >= 4 is 0 Å². The van der Waals surface area contributed by atoms with Crippen LogP contribution in [0, 0.1) is 29.2 Å². The first-order valence-corrected chi connectivity index (χ1v) is 12.1. The zero-order valence-electron chi connectivity index (χ0n) is 19.7. The van der Waals surface area contributed by atoms with E-state index in [0.29, 0.717) is 31.6 Å². The largest absolute Gasteiger partial charge is 0.386 e. The van der Waals surface area contributed by atoms with Crippen LogP contribution in [0.3, 0.4) is 0 Å². The maximum absolute atomic E-state index is 14.8. The number of aryl methyl sites for hydroxylation is 1. The van der Waals surface area contributed by atoms with Gasteiger partial charge in [0.1, 0.15) is 0 Å². The second kappa shape index (κ2) is 11.6. The Morgan fingerprint density at radius 3 is 1.97 bits per heavy atom. The summed E-state index contributed by atoms with van der Waals surface area (Å²) in [5, 5.41) is 0. The Bertz CT molecular complexity index is 966. The van der Waals surface area contributed by atoms with Gasteiger partial charge < -0.3 is 4.74 Å². The highest BCUT2D eigenvalue weighted by atomic mass is 19.3. The number of benzene rings is 2. The minimum absolute atomic E-state index is 0.117. The van der Waals surface area contributed by atoms with Crippen LogP contribution in [0.15, 0.2) is 24.3 Å². The molecule has 1 saturated carbocycles. The lowest BCUT2D eigenvalue weighted by Gasteiger charge is -2.29. The van der Waals surface area contributed by atoms with E-state index in [2.05, 4.69) is 11.7 Å². The first-order valence-electron chi connectivity index (χ1n) is 12.1. The van der Waals surface area contributed by atoms with Gasteiger partial charge in [0, 0.05) is 0 Å². The van der Waals surface area contributed by atoms with Crippen molar-refractivity contribution in [2.75, 3.05) is 6.61 Å². The van der Waals surface area contributed by atoms with Gasteiger partial charge in [-0.1, -0.05) is 51.3 Å². The Hall–Kier alpha value is -2.02. The monoisotopic (exact) mass is 486 g/mol. The Balaban J connectivity index is 1.66. The van der Waals surface area contributed by atoms with Crippen LogP contribution in [-0.2, 0) is 23.7 Å². The summed E-state index contributed by atoms with van der Waals surface area (Å²) in [6.07, 6.45) is 1.95. The van der Waals surface area contributed by atoms with Gasteiger partial charge in [-0.25, -0.2) is 17.6 Å². The van der Waals surface area contributed by atoms with E-state index in [4.69, 9.17) is 0 Å². The fraction of sp³-hybridized carbons (Fsp3) is 0.556. The third kappa shape index (κ3) is 5.96. The highest BCUT2D eigenvalue weighted by Gasteiger charge is 2.38. The summed E-state index contributed by atoms with van der Waals surface area (Å²) in [5.74, 6) is -4.61. The second-order valence-corrected chi connectivity index (χ2v) is 9.21. The highest BCUT2D eigenvalue weighted by molar-refractivity contribution is 5.31. The third-order valence-electron chi connectivity index (χ3n) is 6.83. The van der Waals surface area contributed by atoms with E-state index in [1.165, 1.54) is 18.2 Å². The van der Waals surface area contributed by atoms with E-state index in [1.807, 2.05) is 6.92 Å². The van der Waals surface area contributed by atoms with Crippen LogP contribution in [0.1, 0.15) is 87.0 Å². The van der Waals surface area contributed by atoms with Gasteiger partial charge in [-0.15, -0.1) is 0 Å². The van der Waals surface area contributed by atoms with Crippen molar-refractivity contribution in [1.82, 2.24) is 0 Å². The molecule has 2 aromatic rings. The molecule has 1 aliphatic rings. The lowest BCUT2D eigenvalue weighted by Crippen LogP contribution is -2.23. The SMILES string of the molecule is CCCc1ccc(CCOC(F)(F)c2ccc(C3CCC(CCC)CC3)c(F)c2F)c(F)c1F. The van der Waals surface area contributed by atoms with Crippen molar-refractivity contribution < 1.29 is 31.1 Å². The van der Waals surface area contributed by atoms with E-state index in [1.54, 1.807) is 0 Å². The van der Waals surface area contributed by atoms with Crippen molar-refractivity contribution in [3.8, 4) is 0 Å². The Labute approximate surface area is 197 Å². The first-order chi connectivity index (χ1) is 16.2. The van der Waals surface area contributed by atoms with Crippen molar-refractivity contribution in [2.24, 2.45) is 5.92 Å². The van der Waals surface area contributed by atoms with E-state index in [0.717, 1.165) is 31.7 Å². The number of ether oxygens (including phenoxy) is 1. The Morgan fingerprint density at radius 2 is 1.38 bits per heavy atom. The average Bonchev–Trinajstić information content (AvgIpc) is 2.81. The molecule has 3 rings (SSSR count). The number of alkyl halides is 2. The molecule has 7 heteroatoms. The summed E-state index contributed by atoms with van der Waals surface area (Å²) in [6.45, 7) is 3.24. The summed E-state index contributed by atoms with van der Waals surface area (Å²) >= 11 is 0. The molecule has 188 valence electrons. The van der Waals surface area contributed by atoms with Crippen molar-refractivity contribution in [3.63, 3.8) is 0 Å². The van der Waals surface area contributed by atoms with Crippen molar-refractivity contribution in [2.45, 2.75) is 83.7 Å². The van der Waals surface area contributed by atoms with Gasteiger partial charge in [-0.05, 0) is 73.1 Å². The van der Waals surface area contributed by atoms with Crippen LogP contribution < -0.4 is 0 Å². The molecule has 0 aliphatic heterocycles. The molecule has 1 fully saturated rings. The quantitative estimate of drug-likeness (QED) is 0.306. The van der Waals surface area contributed by atoms with Crippen LogP contribution in [0.2, 0.25) is 0 Å². The molecule has 0 heterocycles. The molecule has 0 spiro atoms. The maximum atomic E-state index is 14.8. The normalized spacial score (nSPS) is 18.9. The topological polar surface area (TPSA) is 9.23 Å². The fourth-order valence-electron chi connectivity index (χ4n) is 4.93. The minimum Gasteiger partial charge on any atom is -0.316 e. The van der Waals surface area contributed by atoms with Gasteiger partial charge >= 0.3 is 6.11 Å². The predicted octanol–water partition coefficient (Wildman–Crippen LogP) is 8.58. The molecule has 34 heavy (non-hydrogen) atoms. The summed E-state index contributed by atoms with van der Waals surface area (Å²) in [7, 11) is 0. The van der Waals surface area contributed by atoms with Gasteiger partial charge in [0.05, 0.1) is 12.2 Å². The molecule has 0 amide bonds. The predicted molar refractivity (Wildman–Crippen MR) is 120 cm³/mol. The van der Waals surface area contributed by atoms with Crippen LogP contribution >= 0.6 is 0 Å². The fourth-order valence-corrected chi connectivity index (χ4v) is 4.93. The van der Waals surface area contributed by atoms with Gasteiger partial charge in [-0.2, -0.15) is 8.78 Å². The zero-order valence-corrected chi connectivity index (χ0v) is 19.7. The highest BCUT2D eigenvalue weighted by Crippen LogP contribution is 2.41. The van der Waals surface area contributed by atoms with Gasteiger partial charge in [0.2, 0.25) is 0 Å². The molecule has 0 radical (unpaired) electrons. The maximum Gasteiger partial charge on any atom is 0.386 e. The number of halogens is 6. The van der Waals surface area contributed by atoms with E-state index < -0.39 is 41.5 Å². The standard InChI is InChI=1S/C27H32F6O/c1-3-5-17-7-9-18(10-8-17)21-13-14-22(26(31)25(21)30)27(32,33)34-16-15-20-12-11-19(6-4-2)23(28)24(20)29/h11-14,17-18H,3-10,15-16H2,1-2H3. The minimum atomic E-state index is -4.11. The lowest BCUT2D eigenvalue weighted by molar-refractivity contribution is -0.250. The first kappa shape index (κ1) is 26.6. The summed E-state index contributed by atoms with van der Waals surface area (Å²) in [6, 6.07) is 4.83. The molecule has 0 aromatic heterocycles. The van der Waals surface area contributed by atoms with E-state index in [-0.39, 0.29) is 29.0 Å². The lowest BCUT2D eigenvalue weighted by atomic mass is 9.77. The van der Waals surface area contributed by atoms with Gasteiger partial charge in [-0.3, -0.25) is 0 Å². The Kier molecular flexibility index (Phi) is 9.07. The van der Waals surface area contributed by atoms with Crippen LogP contribution in [0.5, 0.6) is 0 Å². The number of rotatable bonds is 10. The molecule has 1 nitrogen and oxygen atoms in total. The smallest absolute Gasteiger partial charge is 0.316 e. The van der Waals surface area contributed by atoms with Crippen LogP contribution in [0.4, 0.5) is 26.3 Å². The number of hydrogen-bond acceptors (Lipinski definition) is 1. The second-order valence-electron chi connectivity index (χ2n) is 9.21. The van der Waals surface area contributed by atoms with Crippen LogP contribution in [0.25, 0.3) is 0 Å².